The molecule has 0 radical (unpaired) electrons. The van der Waals surface area contributed by atoms with Crippen molar-refractivity contribution in [2.45, 2.75) is 19.4 Å². The normalized spacial score (nSPS) is 16.1. The van der Waals surface area contributed by atoms with Gasteiger partial charge in [-0.2, -0.15) is 5.10 Å². The van der Waals surface area contributed by atoms with E-state index in [1.165, 1.54) is 4.68 Å². The fourth-order valence-corrected chi connectivity index (χ4v) is 2.04. The summed E-state index contributed by atoms with van der Waals surface area (Å²) >= 11 is 0. The molecule has 1 N–H and O–H groups in total. The van der Waals surface area contributed by atoms with Gasteiger partial charge in [-0.25, -0.2) is 4.68 Å². The molecule has 1 aromatic heterocycles. The van der Waals surface area contributed by atoms with Crippen LogP contribution in [0.5, 0.6) is 0 Å². The highest BCUT2D eigenvalue weighted by Crippen LogP contribution is 2.14. The Kier molecular flexibility index (Phi) is 3.36. The predicted molar refractivity (Wildman–Crippen MR) is 60.2 cm³/mol. The van der Waals surface area contributed by atoms with Gasteiger partial charge in [-0.15, -0.1) is 0 Å². The average Bonchev–Trinajstić information content (AvgIpc) is 2.28. The lowest BCUT2D eigenvalue weighted by atomic mass is 10.1. The van der Waals surface area contributed by atoms with Crippen LogP contribution in [0.3, 0.4) is 0 Å². The van der Waals surface area contributed by atoms with E-state index >= 15 is 0 Å². The molecule has 1 aliphatic rings. The van der Waals surface area contributed by atoms with E-state index in [0.29, 0.717) is 0 Å². The van der Waals surface area contributed by atoms with Gasteiger partial charge >= 0.3 is 0 Å². The van der Waals surface area contributed by atoms with Gasteiger partial charge in [0.15, 0.2) is 0 Å². The van der Waals surface area contributed by atoms with Gasteiger partial charge in [0, 0.05) is 45.8 Å². The third-order valence-corrected chi connectivity index (χ3v) is 2.95. The Morgan fingerprint density at radius 2 is 2.38 bits per heavy atom. The second kappa shape index (κ2) is 4.76. The van der Waals surface area contributed by atoms with Crippen molar-refractivity contribution in [3.05, 3.63) is 27.7 Å². The third kappa shape index (κ3) is 2.31. The van der Waals surface area contributed by atoms with Crippen LogP contribution in [0.2, 0.25) is 0 Å². The summed E-state index contributed by atoms with van der Waals surface area (Å²) in [7, 11) is 1.68. The number of hydrogen-bond donors (Lipinski definition) is 1. The molecule has 0 fully saturated rings. The molecule has 2 rings (SSSR count). The van der Waals surface area contributed by atoms with Gasteiger partial charge in [0.25, 0.3) is 5.56 Å². The van der Waals surface area contributed by atoms with Gasteiger partial charge in [0.2, 0.25) is 0 Å². The van der Waals surface area contributed by atoms with E-state index in [1.807, 2.05) is 0 Å². The minimum atomic E-state index is -0.0530. The minimum Gasteiger partial charge on any atom is -0.396 e. The van der Waals surface area contributed by atoms with Crippen molar-refractivity contribution in [1.29, 1.82) is 0 Å². The molecule has 16 heavy (non-hydrogen) atoms. The van der Waals surface area contributed by atoms with Crippen molar-refractivity contribution in [1.82, 2.24) is 14.7 Å². The first-order valence-electron chi connectivity index (χ1n) is 5.60. The Morgan fingerprint density at radius 1 is 1.56 bits per heavy atom. The van der Waals surface area contributed by atoms with E-state index in [9.17, 15) is 4.79 Å². The first kappa shape index (κ1) is 11.3. The molecule has 0 spiro atoms. The van der Waals surface area contributed by atoms with Gasteiger partial charge in [0.05, 0.1) is 5.69 Å². The standard InChI is InChI=1S/C11H17N3O2/c1-13-11(16)7-9-8-14(4-2-6-15)5-3-10(9)12-13/h7,15H,2-6,8H2,1H3. The molecule has 88 valence electrons. The number of aliphatic hydroxyl groups is 1. The molecule has 0 saturated carbocycles. The van der Waals surface area contributed by atoms with E-state index in [4.69, 9.17) is 5.11 Å². The summed E-state index contributed by atoms with van der Waals surface area (Å²) in [4.78, 5) is 13.7. The van der Waals surface area contributed by atoms with Crippen molar-refractivity contribution < 1.29 is 5.11 Å². The Hall–Kier alpha value is -1.20. The summed E-state index contributed by atoms with van der Waals surface area (Å²) in [6, 6.07) is 1.67. The van der Waals surface area contributed by atoms with Crippen LogP contribution in [0.1, 0.15) is 17.7 Å². The summed E-state index contributed by atoms with van der Waals surface area (Å²) in [6.07, 6.45) is 1.67. The lowest BCUT2D eigenvalue weighted by molar-refractivity contribution is 0.210. The van der Waals surface area contributed by atoms with Crippen molar-refractivity contribution in [3.63, 3.8) is 0 Å². The molecule has 0 amide bonds. The molecular formula is C11H17N3O2. The smallest absolute Gasteiger partial charge is 0.266 e. The summed E-state index contributed by atoms with van der Waals surface area (Å²) in [6.45, 7) is 2.83. The van der Waals surface area contributed by atoms with E-state index in [1.54, 1.807) is 13.1 Å². The maximum Gasteiger partial charge on any atom is 0.266 e. The highest BCUT2D eigenvalue weighted by Gasteiger charge is 2.17. The third-order valence-electron chi connectivity index (χ3n) is 2.95. The monoisotopic (exact) mass is 223 g/mol. The quantitative estimate of drug-likeness (QED) is 0.752. The molecule has 1 aromatic rings. The second-order valence-electron chi connectivity index (χ2n) is 4.18. The number of rotatable bonds is 3. The Labute approximate surface area is 94.3 Å². The lowest BCUT2D eigenvalue weighted by Crippen LogP contribution is -2.35. The van der Waals surface area contributed by atoms with E-state index < -0.39 is 0 Å². The largest absolute Gasteiger partial charge is 0.396 e. The van der Waals surface area contributed by atoms with Crippen LogP contribution in [0.25, 0.3) is 0 Å². The van der Waals surface area contributed by atoms with Gasteiger partial charge in [-0.3, -0.25) is 9.69 Å². The van der Waals surface area contributed by atoms with Crippen LogP contribution in [0.15, 0.2) is 10.9 Å². The summed E-state index contributed by atoms with van der Waals surface area (Å²) in [5, 5.41) is 13.0. The predicted octanol–water partition coefficient (Wildman–Crippen LogP) is -0.479. The number of aromatic nitrogens is 2. The average molecular weight is 223 g/mol. The highest BCUT2D eigenvalue weighted by atomic mass is 16.3. The first-order chi connectivity index (χ1) is 7.70. The number of nitrogens with zero attached hydrogens (tertiary/aromatic N) is 3. The zero-order valence-corrected chi connectivity index (χ0v) is 9.52. The SMILES string of the molecule is Cn1nc2c(cc1=O)CN(CCCO)CC2. The Morgan fingerprint density at radius 3 is 3.12 bits per heavy atom. The van der Waals surface area contributed by atoms with E-state index in [0.717, 1.165) is 43.7 Å². The summed E-state index contributed by atoms with van der Waals surface area (Å²) in [5.41, 5.74) is 2.01. The fourth-order valence-electron chi connectivity index (χ4n) is 2.04. The number of hydrogen-bond acceptors (Lipinski definition) is 4. The zero-order chi connectivity index (χ0) is 11.5. The fraction of sp³-hybridized carbons (Fsp3) is 0.636. The molecule has 0 saturated heterocycles. The van der Waals surface area contributed by atoms with Gasteiger partial charge in [0.1, 0.15) is 0 Å². The lowest BCUT2D eigenvalue weighted by Gasteiger charge is -2.27. The molecule has 0 aromatic carbocycles. The molecule has 0 atom stereocenters. The Balaban J connectivity index is 2.14. The molecule has 2 heterocycles. The van der Waals surface area contributed by atoms with Crippen molar-refractivity contribution >= 4 is 0 Å². The summed E-state index contributed by atoms with van der Waals surface area (Å²) in [5.74, 6) is 0. The maximum absolute atomic E-state index is 11.5. The molecule has 0 bridgehead atoms. The minimum absolute atomic E-state index is 0.0530. The maximum atomic E-state index is 11.5. The first-order valence-corrected chi connectivity index (χ1v) is 5.60. The van der Waals surface area contributed by atoms with Gasteiger partial charge in [-0.05, 0) is 12.0 Å². The van der Waals surface area contributed by atoms with Crippen molar-refractivity contribution in [2.24, 2.45) is 7.05 Å². The van der Waals surface area contributed by atoms with Crippen molar-refractivity contribution in [2.75, 3.05) is 19.7 Å². The molecule has 5 nitrogen and oxygen atoms in total. The summed E-state index contributed by atoms with van der Waals surface area (Å²) < 4.78 is 1.39. The molecule has 0 aliphatic carbocycles. The van der Waals surface area contributed by atoms with Gasteiger partial charge in [-0.1, -0.05) is 0 Å². The van der Waals surface area contributed by atoms with Crippen LogP contribution in [-0.4, -0.2) is 39.5 Å². The molecule has 0 unspecified atom stereocenters. The molecular weight excluding hydrogens is 206 g/mol. The number of fused-ring (bicyclic) bond motifs is 1. The van der Waals surface area contributed by atoms with Crippen LogP contribution in [0.4, 0.5) is 0 Å². The topological polar surface area (TPSA) is 58.4 Å². The van der Waals surface area contributed by atoms with Crippen LogP contribution in [0, 0.1) is 0 Å². The van der Waals surface area contributed by atoms with Crippen LogP contribution in [-0.2, 0) is 20.0 Å². The van der Waals surface area contributed by atoms with E-state index in [-0.39, 0.29) is 12.2 Å². The highest BCUT2D eigenvalue weighted by molar-refractivity contribution is 5.20. The van der Waals surface area contributed by atoms with Crippen LogP contribution >= 0.6 is 0 Å². The number of aliphatic hydroxyl groups excluding tert-OH is 1. The van der Waals surface area contributed by atoms with Crippen molar-refractivity contribution in [3.8, 4) is 0 Å². The van der Waals surface area contributed by atoms with Gasteiger partial charge < -0.3 is 5.11 Å². The number of aryl methyl sites for hydroxylation is 1. The van der Waals surface area contributed by atoms with E-state index in [2.05, 4.69) is 10.00 Å². The molecule has 5 heteroatoms. The molecule has 1 aliphatic heterocycles. The Bertz CT molecular complexity index is 428. The van der Waals surface area contributed by atoms with Crippen LogP contribution < -0.4 is 5.56 Å². The zero-order valence-electron chi connectivity index (χ0n) is 9.52. The second-order valence-corrected chi connectivity index (χ2v) is 4.18.